The Morgan fingerprint density at radius 3 is 2.11 bits per heavy atom. The van der Waals surface area contributed by atoms with Crippen molar-refractivity contribution in [2.24, 2.45) is 16.5 Å². The number of amidine groups is 1. The number of primary amides is 1. The lowest BCUT2D eigenvalue weighted by atomic mass is 10.1. The zero-order valence-electron chi connectivity index (χ0n) is 11.6. The van der Waals surface area contributed by atoms with E-state index in [0.29, 0.717) is 17.9 Å². The number of carbonyl (C=O) groups is 1. The number of rotatable bonds is 7. The maximum absolute atomic E-state index is 11.0. The topological polar surface area (TPSA) is 84.7 Å². The molecule has 0 saturated heterocycles. The molecule has 0 heterocycles. The van der Waals surface area contributed by atoms with Crippen LogP contribution in [-0.4, -0.2) is 42.8 Å². The number of likely N-dealkylation sites (N-methyl/N-ethyl adjacent to an activating group) is 1. The van der Waals surface area contributed by atoms with Crippen LogP contribution in [-0.2, 0) is 0 Å². The third kappa shape index (κ3) is 4.71. The largest absolute Gasteiger partial charge is 0.384 e. The van der Waals surface area contributed by atoms with Gasteiger partial charge in [0.05, 0.1) is 6.54 Å². The third-order valence-electron chi connectivity index (χ3n) is 3.06. The molecule has 4 N–H and O–H groups in total. The van der Waals surface area contributed by atoms with Crippen molar-refractivity contribution in [2.45, 2.75) is 13.8 Å². The lowest BCUT2D eigenvalue weighted by molar-refractivity contribution is 0.100. The summed E-state index contributed by atoms with van der Waals surface area (Å²) < 4.78 is 0. The Hall–Kier alpha value is -1.88. The van der Waals surface area contributed by atoms with Gasteiger partial charge in [-0.3, -0.25) is 9.79 Å². The van der Waals surface area contributed by atoms with Crippen LogP contribution in [0, 0.1) is 0 Å². The average molecular weight is 262 g/mol. The van der Waals surface area contributed by atoms with E-state index in [1.165, 1.54) is 0 Å². The molecule has 0 unspecified atom stereocenters. The lowest BCUT2D eigenvalue weighted by Gasteiger charge is -2.16. The fourth-order valence-electron chi connectivity index (χ4n) is 1.75. The molecule has 104 valence electrons. The minimum atomic E-state index is -0.441. The number of hydrogen-bond donors (Lipinski definition) is 2. The van der Waals surface area contributed by atoms with Gasteiger partial charge in [-0.25, -0.2) is 0 Å². The number of amides is 1. The number of benzene rings is 1. The van der Waals surface area contributed by atoms with Crippen LogP contribution in [0.3, 0.4) is 0 Å². The SMILES string of the molecule is CCN(CC)CCN=C(N)c1ccc(C(N)=O)cc1. The van der Waals surface area contributed by atoms with E-state index in [2.05, 4.69) is 23.7 Å². The van der Waals surface area contributed by atoms with Gasteiger partial charge in [-0.05, 0) is 25.2 Å². The number of hydrogen-bond acceptors (Lipinski definition) is 3. The van der Waals surface area contributed by atoms with Crippen LogP contribution in [0.15, 0.2) is 29.3 Å². The first-order chi connectivity index (χ1) is 9.08. The molecule has 0 aromatic heterocycles. The highest BCUT2D eigenvalue weighted by molar-refractivity contribution is 5.99. The molecule has 19 heavy (non-hydrogen) atoms. The van der Waals surface area contributed by atoms with E-state index in [-0.39, 0.29) is 0 Å². The van der Waals surface area contributed by atoms with Gasteiger partial charge in [0.15, 0.2) is 0 Å². The number of carbonyl (C=O) groups excluding carboxylic acids is 1. The van der Waals surface area contributed by atoms with Crippen LogP contribution >= 0.6 is 0 Å². The second kappa shape index (κ2) is 7.53. The highest BCUT2D eigenvalue weighted by atomic mass is 16.1. The Kier molecular flexibility index (Phi) is 6.02. The molecule has 0 spiro atoms. The minimum absolute atomic E-state index is 0.441. The van der Waals surface area contributed by atoms with Gasteiger partial charge in [0, 0.05) is 17.7 Å². The first-order valence-electron chi connectivity index (χ1n) is 6.51. The molecule has 5 heteroatoms. The van der Waals surface area contributed by atoms with Crippen molar-refractivity contribution in [1.82, 2.24) is 4.90 Å². The lowest BCUT2D eigenvalue weighted by Crippen LogP contribution is -2.26. The molecule has 0 aliphatic rings. The van der Waals surface area contributed by atoms with Crippen molar-refractivity contribution in [2.75, 3.05) is 26.2 Å². The average Bonchev–Trinajstić information content (AvgIpc) is 2.43. The molecule has 1 aromatic rings. The second-order valence-corrected chi connectivity index (χ2v) is 4.24. The predicted octanol–water partition coefficient (Wildman–Crippen LogP) is 0.833. The van der Waals surface area contributed by atoms with E-state index in [0.717, 1.165) is 25.2 Å². The molecule has 0 atom stereocenters. The first-order valence-corrected chi connectivity index (χ1v) is 6.51. The molecule has 5 nitrogen and oxygen atoms in total. The summed E-state index contributed by atoms with van der Waals surface area (Å²) in [6.45, 7) is 7.84. The molecule has 0 aliphatic heterocycles. The molecule has 0 aliphatic carbocycles. The maximum Gasteiger partial charge on any atom is 0.248 e. The fourth-order valence-corrected chi connectivity index (χ4v) is 1.75. The summed E-state index contributed by atoms with van der Waals surface area (Å²) in [5.41, 5.74) is 12.4. The number of nitrogens with two attached hydrogens (primary N) is 2. The van der Waals surface area contributed by atoms with Crippen molar-refractivity contribution < 1.29 is 4.79 Å². The third-order valence-corrected chi connectivity index (χ3v) is 3.06. The fraction of sp³-hybridized carbons (Fsp3) is 0.429. The normalized spacial score (nSPS) is 11.8. The summed E-state index contributed by atoms with van der Waals surface area (Å²) in [7, 11) is 0. The van der Waals surface area contributed by atoms with E-state index < -0.39 is 5.91 Å². The summed E-state index contributed by atoms with van der Waals surface area (Å²) >= 11 is 0. The zero-order chi connectivity index (χ0) is 14.3. The maximum atomic E-state index is 11.0. The summed E-state index contributed by atoms with van der Waals surface area (Å²) in [6.07, 6.45) is 0. The summed E-state index contributed by atoms with van der Waals surface area (Å²) in [5, 5.41) is 0. The summed E-state index contributed by atoms with van der Waals surface area (Å²) in [6, 6.07) is 6.83. The van der Waals surface area contributed by atoms with Gasteiger partial charge in [0.2, 0.25) is 5.91 Å². The highest BCUT2D eigenvalue weighted by Crippen LogP contribution is 2.03. The van der Waals surface area contributed by atoms with Crippen LogP contribution in [0.1, 0.15) is 29.8 Å². The zero-order valence-corrected chi connectivity index (χ0v) is 11.6. The van der Waals surface area contributed by atoms with Gasteiger partial charge < -0.3 is 16.4 Å². The van der Waals surface area contributed by atoms with Gasteiger partial charge in [-0.15, -0.1) is 0 Å². The molecule has 1 aromatic carbocycles. The van der Waals surface area contributed by atoms with Crippen molar-refractivity contribution in [1.29, 1.82) is 0 Å². The number of aliphatic imine (C=N–C) groups is 1. The van der Waals surface area contributed by atoms with E-state index in [4.69, 9.17) is 11.5 Å². The molecular formula is C14H22N4O. The summed E-state index contributed by atoms with van der Waals surface area (Å²) in [5.74, 6) is 0.0479. The minimum Gasteiger partial charge on any atom is -0.384 e. The molecule has 0 fully saturated rings. The van der Waals surface area contributed by atoms with Crippen molar-refractivity contribution in [3.8, 4) is 0 Å². The van der Waals surface area contributed by atoms with E-state index >= 15 is 0 Å². The molecule has 0 radical (unpaired) electrons. The van der Waals surface area contributed by atoms with Crippen LogP contribution < -0.4 is 11.5 Å². The molecule has 1 amide bonds. The molecule has 0 bridgehead atoms. The number of nitrogens with zero attached hydrogens (tertiary/aromatic N) is 2. The Labute approximate surface area is 114 Å². The molecular weight excluding hydrogens is 240 g/mol. The van der Waals surface area contributed by atoms with Crippen LogP contribution in [0.5, 0.6) is 0 Å². The van der Waals surface area contributed by atoms with E-state index in [1.54, 1.807) is 24.3 Å². The molecule has 0 saturated carbocycles. The van der Waals surface area contributed by atoms with E-state index in [9.17, 15) is 4.79 Å². The summed E-state index contributed by atoms with van der Waals surface area (Å²) in [4.78, 5) is 17.6. The Bertz CT molecular complexity index is 435. The Morgan fingerprint density at radius 1 is 1.11 bits per heavy atom. The molecule has 1 rings (SSSR count). The van der Waals surface area contributed by atoms with Crippen molar-refractivity contribution in [3.05, 3.63) is 35.4 Å². The van der Waals surface area contributed by atoms with Gasteiger partial charge in [0.25, 0.3) is 0 Å². The van der Waals surface area contributed by atoms with Crippen molar-refractivity contribution >= 4 is 11.7 Å². The van der Waals surface area contributed by atoms with Gasteiger partial charge in [-0.1, -0.05) is 26.0 Å². The quantitative estimate of drug-likeness (QED) is 0.564. The van der Waals surface area contributed by atoms with Crippen molar-refractivity contribution in [3.63, 3.8) is 0 Å². The van der Waals surface area contributed by atoms with Gasteiger partial charge in [-0.2, -0.15) is 0 Å². The van der Waals surface area contributed by atoms with E-state index in [1.807, 2.05) is 0 Å². The highest BCUT2D eigenvalue weighted by Gasteiger charge is 2.03. The monoisotopic (exact) mass is 262 g/mol. The van der Waals surface area contributed by atoms with Gasteiger partial charge >= 0.3 is 0 Å². The van der Waals surface area contributed by atoms with Gasteiger partial charge in [0.1, 0.15) is 5.84 Å². The predicted molar refractivity (Wildman–Crippen MR) is 78.3 cm³/mol. The van der Waals surface area contributed by atoms with Crippen LogP contribution in [0.2, 0.25) is 0 Å². The first kappa shape index (κ1) is 15.2. The Morgan fingerprint density at radius 2 is 1.63 bits per heavy atom. The smallest absolute Gasteiger partial charge is 0.248 e. The standard InChI is InChI=1S/C14H22N4O/c1-3-18(4-2)10-9-17-13(15)11-5-7-12(8-6-11)14(16)19/h5-8H,3-4,9-10H2,1-2H3,(H2,15,17)(H2,16,19). The van der Waals surface area contributed by atoms with Crippen LogP contribution in [0.25, 0.3) is 0 Å². The second-order valence-electron chi connectivity index (χ2n) is 4.24. The Balaban J connectivity index is 2.61. The van der Waals surface area contributed by atoms with Crippen LogP contribution in [0.4, 0.5) is 0 Å².